The zero-order valence-electron chi connectivity index (χ0n) is 18.3. The zero-order chi connectivity index (χ0) is 21.0. The van der Waals surface area contributed by atoms with Crippen LogP contribution in [0, 0.1) is 20.8 Å². The number of carbonyl (C=O) groups excluding carboxylic acids is 1. The topological polar surface area (TPSA) is 47.6 Å². The molecule has 0 aliphatic carbocycles. The molecule has 0 fully saturated rings. The number of nitrogens with one attached hydrogen (secondary N) is 1. The van der Waals surface area contributed by atoms with E-state index in [-0.39, 0.29) is 11.9 Å². The van der Waals surface area contributed by atoms with Crippen molar-refractivity contribution in [2.75, 3.05) is 7.11 Å². The standard InChI is InChI=1S/C24H33NO3/c1-14(2)20-13-21(16(4)12-23(20)27-8)18(6)25-24(26)19(7)28-22-11-9-10-15(3)17(22)5/h9-14,18-19H,1-8H3,(H,25,26)/t18-,19+/m1/s1. The molecule has 0 saturated carbocycles. The van der Waals surface area contributed by atoms with Crippen molar-refractivity contribution in [3.63, 3.8) is 0 Å². The van der Waals surface area contributed by atoms with Crippen LogP contribution in [0.25, 0.3) is 0 Å². The Kier molecular flexibility index (Phi) is 7.11. The molecular weight excluding hydrogens is 350 g/mol. The minimum absolute atomic E-state index is 0.124. The number of hydrogen-bond acceptors (Lipinski definition) is 3. The molecule has 0 radical (unpaired) electrons. The molecule has 1 N–H and O–H groups in total. The van der Waals surface area contributed by atoms with Gasteiger partial charge in [-0.2, -0.15) is 0 Å². The second-order valence-electron chi connectivity index (χ2n) is 7.79. The summed E-state index contributed by atoms with van der Waals surface area (Å²) in [5, 5.41) is 3.09. The Balaban J connectivity index is 2.15. The van der Waals surface area contributed by atoms with Crippen molar-refractivity contribution in [2.24, 2.45) is 0 Å². The minimum atomic E-state index is -0.578. The summed E-state index contributed by atoms with van der Waals surface area (Å²) in [5.74, 6) is 1.85. The quantitative estimate of drug-likeness (QED) is 0.697. The highest BCUT2D eigenvalue weighted by atomic mass is 16.5. The van der Waals surface area contributed by atoms with E-state index in [2.05, 4.69) is 25.2 Å². The van der Waals surface area contributed by atoms with Crippen LogP contribution in [0.2, 0.25) is 0 Å². The molecule has 0 bridgehead atoms. The molecule has 2 rings (SSSR count). The summed E-state index contributed by atoms with van der Waals surface area (Å²) in [7, 11) is 1.69. The molecule has 152 valence electrons. The van der Waals surface area contributed by atoms with E-state index in [1.165, 1.54) is 0 Å². The van der Waals surface area contributed by atoms with Crippen molar-refractivity contribution in [3.05, 3.63) is 58.1 Å². The van der Waals surface area contributed by atoms with Gasteiger partial charge in [-0.25, -0.2) is 0 Å². The Morgan fingerprint density at radius 3 is 2.21 bits per heavy atom. The van der Waals surface area contributed by atoms with Gasteiger partial charge in [-0.15, -0.1) is 0 Å². The predicted molar refractivity (Wildman–Crippen MR) is 114 cm³/mol. The van der Waals surface area contributed by atoms with Crippen LogP contribution in [0.15, 0.2) is 30.3 Å². The van der Waals surface area contributed by atoms with Gasteiger partial charge in [-0.05, 0) is 86.6 Å². The van der Waals surface area contributed by atoms with Gasteiger partial charge < -0.3 is 14.8 Å². The van der Waals surface area contributed by atoms with Crippen molar-refractivity contribution >= 4 is 5.91 Å². The smallest absolute Gasteiger partial charge is 0.261 e. The Morgan fingerprint density at radius 1 is 0.929 bits per heavy atom. The third-order valence-electron chi connectivity index (χ3n) is 5.29. The maximum absolute atomic E-state index is 12.7. The lowest BCUT2D eigenvalue weighted by atomic mass is 9.93. The van der Waals surface area contributed by atoms with Crippen molar-refractivity contribution in [1.29, 1.82) is 0 Å². The minimum Gasteiger partial charge on any atom is -0.496 e. The molecule has 0 aliphatic rings. The van der Waals surface area contributed by atoms with E-state index >= 15 is 0 Å². The maximum atomic E-state index is 12.7. The number of ether oxygens (including phenoxy) is 2. The van der Waals surface area contributed by atoms with Crippen LogP contribution in [0.4, 0.5) is 0 Å². The Hall–Kier alpha value is -2.49. The summed E-state index contributed by atoms with van der Waals surface area (Å²) >= 11 is 0. The fourth-order valence-electron chi connectivity index (χ4n) is 3.31. The molecule has 0 heterocycles. The largest absolute Gasteiger partial charge is 0.496 e. The Bertz CT molecular complexity index is 842. The van der Waals surface area contributed by atoms with Crippen LogP contribution in [-0.2, 0) is 4.79 Å². The lowest BCUT2D eigenvalue weighted by Crippen LogP contribution is -2.38. The number of amides is 1. The third-order valence-corrected chi connectivity index (χ3v) is 5.29. The number of rotatable bonds is 7. The fourth-order valence-corrected chi connectivity index (χ4v) is 3.31. The number of aryl methyl sites for hydroxylation is 2. The third kappa shape index (κ3) is 4.86. The summed E-state index contributed by atoms with van der Waals surface area (Å²) in [5.41, 5.74) is 5.54. The van der Waals surface area contributed by atoms with Crippen molar-refractivity contribution in [1.82, 2.24) is 5.32 Å². The summed E-state index contributed by atoms with van der Waals surface area (Å²) in [6.07, 6.45) is -0.578. The van der Waals surface area contributed by atoms with Crippen molar-refractivity contribution in [3.8, 4) is 11.5 Å². The van der Waals surface area contributed by atoms with E-state index < -0.39 is 6.10 Å². The molecule has 0 aromatic heterocycles. The first-order valence-electron chi connectivity index (χ1n) is 9.87. The second-order valence-corrected chi connectivity index (χ2v) is 7.79. The molecule has 2 aromatic rings. The summed E-state index contributed by atoms with van der Waals surface area (Å²) in [6, 6.07) is 9.94. The van der Waals surface area contributed by atoms with Gasteiger partial charge in [0.2, 0.25) is 0 Å². The molecule has 4 nitrogen and oxygen atoms in total. The summed E-state index contributed by atoms with van der Waals surface area (Å²) < 4.78 is 11.4. The van der Waals surface area contributed by atoms with E-state index in [4.69, 9.17) is 9.47 Å². The van der Waals surface area contributed by atoms with Gasteiger partial charge in [0, 0.05) is 0 Å². The second kappa shape index (κ2) is 9.13. The van der Waals surface area contributed by atoms with Gasteiger partial charge in [0.05, 0.1) is 13.2 Å². The first kappa shape index (κ1) is 21.8. The van der Waals surface area contributed by atoms with Crippen LogP contribution in [0.5, 0.6) is 11.5 Å². The van der Waals surface area contributed by atoms with E-state index in [1.54, 1.807) is 14.0 Å². The van der Waals surface area contributed by atoms with E-state index in [9.17, 15) is 4.79 Å². The van der Waals surface area contributed by atoms with Crippen LogP contribution < -0.4 is 14.8 Å². The van der Waals surface area contributed by atoms with E-state index in [0.29, 0.717) is 5.92 Å². The Morgan fingerprint density at radius 2 is 1.61 bits per heavy atom. The molecule has 1 amide bonds. The molecule has 4 heteroatoms. The molecule has 2 atom stereocenters. The highest BCUT2D eigenvalue weighted by Gasteiger charge is 2.21. The average molecular weight is 384 g/mol. The summed E-state index contributed by atoms with van der Waals surface area (Å²) in [4.78, 5) is 12.7. The molecule has 0 saturated heterocycles. The lowest BCUT2D eigenvalue weighted by molar-refractivity contribution is -0.127. The molecular formula is C24H33NO3. The summed E-state index contributed by atoms with van der Waals surface area (Å²) in [6.45, 7) is 14.1. The predicted octanol–water partition coefficient (Wildman–Crippen LogP) is 5.39. The van der Waals surface area contributed by atoms with Gasteiger partial charge in [-0.1, -0.05) is 26.0 Å². The fraction of sp³-hybridized carbons (Fsp3) is 0.458. The number of carbonyl (C=O) groups is 1. The molecule has 0 spiro atoms. The van der Waals surface area contributed by atoms with Crippen LogP contribution >= 0.6 is 0 Å². The van der Waals surface area contributed by atoms with Gasteiger partial charge in [-0.3, -0.25) is 4.79 Å². The Labute approximate surface area is 169 Å². The normalized spacial score (nSPS) is 13.2. The van der Waals surface area contributed by atoms with Gasteiger partial charge in [0.15, 0.2) is 6.10 Å². The van der Waals surface area contributed by atoms with Gasteiger partial charge in [0.1, 0.15) is 11.5 Å². The number of methoxy groups -OCH3 is 1. The maximum Gasteiger partial charge on any atom is 0.261 e. The average Bonchev–Trinajstić information content (AvgIpc) is 2.64. The highest BCUT2D eigenvalue weighted by Crippen LogP contribution is 2.32. The van der Waals surface area contributed by atoms with E-state index in [0.717, 1.165) is 39.3 Å². The molecule has 0 unspecified atom stereocenters. The van der Waals surface area contributed by atoms with Crippen molar-refractivity contribution < 1.29 is 14.3 Å². The number of hydrogen-bond donors (Lipinski definition) is 1. The molecule has 28 heavy (non-hydrogen) atoms. The van der Waals surface area contributed by atoms with Crippen molar-refractivity contribution in [2.45, 2.75) is 66.5 Å². The molecule has 2 aromatic carbocycles. The monoisotopic (exact) mass is 383 g/mol. The SMILES string of the molecule is COc1cc(C)c([C@@H](C)NC(=O)[C@H](C)Oc2cccc(C)c2C)cc1C(C)C. The first-order chi connectivity index (χ1) is 13.1. The number of benzene rings is 2. The van der Waals surface area contributed by atoms with Crippen LogP contribution in [0.1, 0.15) is 67.5 Å². The van der Waals surface area contributed by atoms with E-state index in [1.807, 2.05) is 52.0 Å². The molecule has 0 aliphatic heterocycles. The zero-order valence-corrected chi connectivity index (χ0v) is 18.3. The lowest BCUT2D eigenvalue weighted by Gasteiger charge is -2.23. The van der Waals surface area contributed by atoms with Gasteiger partial charge in [0.25, 0.3) is 5.91 Å². The van der Waals surface area contributed by atoms with Gasteiger partial charge >= 0.3 is 0 Å². The van der Waals surface area contributed by atoms with Crippen LogP contribution in [-0.4, -0.2) is 19.1 Å². The first-order valence-corrected chi connectivity index (χ1v) is 9.87. The highest BCUT2D eigenvalue weighted by molar-refractivity contribution is 5.81. The van der Waals surface area contributed by atoms with Crippen LogP contribution in [0.3, 0.4) is 0 Å².